The molecule has 0 radical (unpaired) electrons. The second-order valence-electron chi connectivity index (χ2n) is 4.52. The Balaban J connectivity index is 2.44. The minimum atomic E-state index is -3.33. The number of hydrogen-bond acceptors (Lipinski definition) is 5. The van der Waals surface area contributed by atoms with Crippen molar-refractivity contribution in [3.05, 3.63) is 17.6 Å². The van der Waals surface area contributed by atoms with Gasteiger partial charge in [-0.3, -0.25) is 0 Å². The van der Waals surface area contributed by atoms with E-state index in [4.69, 9.17) is 5.73 Å². The van der Waals surface area contributed by atoms with Crippen LogP contribution in [0.1, 0.15) is 43.0 Å². The Bertz CT molecular complexity index is 507. The third-order valence-electron chi connectivity index (χ3n) is 3.13. The SMILES string of the molecule is CS(=O)(=O)c1nc(C2CCCC2)ncc1CN. The standard InChI is InChI=1S/C11H17N3O2S/c1-17(15,16)11-9(6-12)7-13-10(14-11)8-4-2-3-5-8/h7-8H,2-6,12H2,1H3. The molecule has 1 aromatic heterocycles. The van der Waals surface area contributed by atoms with E-state index in [1.54, 1.807) is 6.20 Å². The number of nitrogens with two attached hydrogens (primary N) is 1. The minimum Gasteiger partial charge on any atom is -0.326 e. The fourth-order valence-electron chi connectivity index (χ4n) is 2.25. The van der Waals surface area contributed by atoms with Gasteiger partial charge in [-0.15, -0.1) is 0 Å². The first-order valence-corrected chi connectivity index (χ1v) is 7.67. The number of nitrogens with zero attached hydrogens (tertiary/aromatic N) is 2. The van der Waals surface area contributed by atoms with Crippen molar-refractivity contribution in [2.24, 2.45) is 5.73 Å². The van der Waals surface area contributed by atoms with Crippen molar-refractivity contribution in [2.45, 2.75) is 43.2 Å². The van der Waals surface area contributed by atoms with Crippen LogP contribution in [-0.4, -0.2) is 24.6 Å². The predicted octanol–water partition coefficient (Wildman–Crippen LogP) is 0.996. The number of rotatable bonds is 3. The lowest BCUT2D eigenvalue weighted by atomic mass is 10.1. The molecule has 0 aromatic carbocycles. The van der Waals surface area contributed by atoms with Gasteiger partial charge in [0.2, 0.25) is 0 Å². The Kier molecular flexibility index (Phi) is 3.44. The molecule has 17 heavy (non-hydrogen) atoms. The highest BCUT2D eigenvalue weighted by Crippen LogP contribution is 2.32. The fourth-order valence-corrected chi connectivity index (χ4v) is 3.12. The third-order valence-corrected chi connectivity index (χ3v) is 4.19. The molecular weight excluding hydrogens is 238 g/mol. The summed E-state index contributed by atoms with van der Waals surface area (Å²) in [5.74, 6) is 0.961. The van der Waals surface area contributed by atoms with Crippen LogP contribution >= 0.6 is 0 Å². The summed E-state index contributed by atoms with van der Waals surface area (Å²) in [6.45, 7) is 0.146. The summed E-state index contributed by atoms with van der Waals surface area (Å²) in [7, 11) is -3.33. The van der Waals surface area contributed by atoms with Crippen LogP contribution in [0.15, 0.2) is 11.2 Å². The van der Waals surface area contributed by atoms with Crippen molar-refractivity contribution in [1.29, 1.82) is 0 Å². The van der Waals surface area contributed by atoms with Crippen LogP contribution in [0.2, 0.25) is 0 Å². The first kappa shape index (κ1) is 12.4. The average Bonchev–Trinajstić information content (AvgIpc) is 2.80. The highest BCUT2D eigenvalue weighted by Gasteiger charge is 2.23. The molecule has 0 unspecified atom stereocenters. The summed E-state index contributed by atoms with van der Waals surface area (Å²) in [6, 6.07) is 0. The summed E-state index contributed by atoms with van der Waals surface area (Å²) in [4.78, 5) is 8.47. The topological polar surface area (TPSA) is 85.9 Å². The van der Waals surface area contributed by atoms with Crippen LogP contribution in [-0.2, 0) is 16.4 Å². The Hall–Kier alpha value is -1.01. The van der Waals surface area contributed by atoms with E-state index in [0.29, 0.717) is 17.3 Å². The van der Waals surface area contributed by atoms with E-state index in [9.17, 15) is 8.42 Å². The van der Waals surface area contributed by atoms with Gasteiger partial charge in [-0.25, -0.2) is 18.4 Å². The molecule has 1 aliphatic carbocycles. The largest absolute Gasteiger partial charge is 0.326 e. The van der Waals surface area contributed by atoms with E-state index in [-0.39, 0.29) is 11.6 Å². The van der Waals surface area contributed by atoms with Crippen molar-refractivity contribution in [1.82, 2.24) is 9.97 Å². The zero-order valence-corrected chi connectivity index (χ0v) is 10.7. The first-order chi connectivity index (χ1) is 8.02. The van der Waals surface area contributed by atoms with Crippen molar-refractivity contribution in [3.8, 4) is 0 Å². The fraction of sp³-hybridized carbons (Fsp3) is 0.636. The average molecular weight is 255 g/mol. The van der Waals surface area contributed by atoms with Gasteiger partial charge in [0, 0.05) is 30.5 Å². The maximum atomic E-state index is 11.6. The van der Waals surface area contributed by atoms with Gasteiger partial charge in [0.15, 0.2) is 14.9 Å². The Morgan fingerprint density at radius 3 is 2.59 bits per heavy atom. The maximum absolute atomic E-state index is 11.6. The van der Waals surface area contributed by atoms with Gasteiger partial charge in [0.25, 0.3) is 0 Å². The van der Waals surface area contributed by atoms with Gasteiger partial charge in [-0.1, -0.05) is 12.8 Å². The molecule has 2 N–H and O–H groups in total. The highest BCUT2D eigenvalue weighted by atomic mass is 32.2. The molecule has 0 atom stereocenters. The molecule has 1 saturated carbocycles. The van der Waals surface area contributed by atoms with Gasteiger partial charge in [0.05, 0.1) is 0 Å². The summed E-state index contributed by atoms with van der Waals surface area (Å²) in [5.41, 5.74) is 6.00. The van der Waals surface area contributed by atoms with Crippen LogP contribution in [0.25, 0.3) is 0 Å². The van der Waals surface area contributed by atoms with Crippen LogP contribution in [0.4, 0.5) is 0 Å². The van der Waals surface area contributed by atoms with Crippen LogP contribution in [0, 0.1) is 0 Å². The molecule has 94 valence electrons. The van der Waals surface area contributed by atoms with Gasteiger partial charge in [-0.2, -0.15) is 0 Å². The smallest absolute Gasteiger partial charge is 0.193 e. The maximum Gasteiger partial charge on any atom is 0.193 e. The van der Waals surface area contributed by atoms with Gasteiger partial charge >= 0.3 is 0 Å². The van der Waals surface area contributed by atoms with E-state index in [0.717, 1.165) is 19.1 Å². The molecule has 0 saturated heterocycles. The van der Waals surface area contributed by atoms with E-state index in [1.165, 1.54) is 12.8 Å². The molecule has 1 aromatic rings. The molecule has 5 nitrogen and oxygen atoms in total. The molecule has 0 aliphatic heterocycles. The second kappa shape index (κ2) is 4.70. The third kappa shape index (κ3) is 2.63. The molecule has 2 rings (SSSR count). The summed E-state index contributed by atoms with van der Waals surface area (Å²) < 4.78 is 23.3. The van der Waals surface area contributed by atoms with Crippen molar-refractivity contribution in [2.75, 3.05) is 6.26 Å². The lowest BCUT2D eigenvalue weighted by Crippen LogP contribution is -2.13. The van der Waals surface area contributed by atoms with Gasteiger partial charge in [0.1, 0.15) is 5.82 Å². The monoisotopic (exact) mass is 255 g/mol. The Morgan fingerprint density at radius 2 is 2.06 bits per heavy atom. The zero-order valence-electron chi connectivity index (χ0n) is 9.89. The molecule has 6 heteroatoms. The summed E-state index contributed by atoms with van der Waals surface area (Å²) >= 11 is 0. The molecule has 0 amide bonds. The van der Waals surface area contributed by atoms with Crippen LogP contribution < -0.4 is 5.73 Å². The Morgan fingerprint density at radius 1 is 1.41 bits per heavy atom. The van der Waals surface area contributed by atoms with Gasteiger partial charge < -0.3 is 5.73 Å². The number of aromatic nitrogens is 2. The van der Waals surface area contributed by atoms with E-state index < -0.39 is 9.84 Å². The van der Waals surface area contributed by atoms with E-state index >= 15 is 0 Å². The van der Waals surface area contributed by atoms with Crippen LogP contribution in [0.5, 0.6) is 0 Å². The number of hydrogen-bond donors (Lipinski definition) is 1. The second-order valence-corrected chi connectivity index (χ2v) is 6.45. The van der Waals surface area contributed by atoms with Crippen LogP contribution in [0.3, 0.4) is 0 Å². The van der Waals surface area contributed by atoms with Gasteiger partial charge in [-0.05, 0) is 12.8 Å². The van der Waals surface area contributed by atoms with Crippen molar-refractivity contribution < 1.29 is 8.42 Å². The molecule has 1 fully saturated rings. The molecule has 0 spiro atoms. The quantitative estimate of drug-likeness (QED) is 0.814. The predicted molar refractivity (Wildman–Crippen MR) is 64.2 cm³/mol. The lowest BCUT2D eigenvalue weighted by Gasteiger charge is -2.11. The number of sulfone groups is 1. The van der Waals surface area contributed by atoms with Crippen molar-refractivity contribution >= 4 is 9.84 Å². The first-order valence-electron chi connectivity index (χ1n) is 5.78. The zero-order chi connectivity index (χ0) is 12.5. The lowest BCUT2D eigenvalue weighted by molar-refractivity contribution is 0.589. The summed E-state index contributed by atoms with van der Waals surface area (Å²) in [5, 5.41) is 0.0944. The van der Waals surface area contributed by atoms with Crippen molar-refractivity contribution in [3.63, 3.8) is 0 Å². The Labute approximate surface area is 101 Å². The molecular formula is C11H17N3O2S. The minimum absolute atomic E-state index is 0.0944. The van der Waals surface area contributed by atoms with E-state index in [1.807, 2.05) is 0 Å². The van der Waals surface area contributed by atoms with E-state index in [2.05, 4.69) is 9.97 Å². The summed E-state index contributed by atoms with van der Waals surface area (Å²) in [6.07, 6.45) is 7.14. The molecule has 1 aliphatic rings. The molecule has 1 heterocycles. The molecule has 0 bridgehead atoms. The normalized spacial score (nSPS) is 17.5. The highest BCUT2D eigenvalue weighted by molar-refractivity contribution is 7.90.